The predicted molar refractivity (Wildman–Crippen MR) is 58.8 cm³/mol. The Kier molecular flexibility index (Phi) is 2.63. The van der Waals surface area contributed by atoms with Crippen molar-refractivity contribution >= 4 is 58.0 Å². The normalized spacial score (nSPS) is 19.6. The van der Waals surface area contributed by atoms with Crippen molar-refractivity contribution in [1.82, 2.24) is 0 Å². The summed E-state index contributed by atoms with van der Waals surface area (Å²) in [4.78, 5) is 0. The van der Waals surface area contributed by atoms with Crippen molar-refractivity contribution in [3.05, 3.63) is 31.2 Å². The first-order valence-electron chi connectivity index (χ1n) is 3.52. The molecule has 0 aliphatic heterocycles. The fourth-order valence-electron chi connectivity index (χ4n) is 1.37. The van der Waals surface area contributed by atoms with Gasteiger partial charge in [-0.15, -0.1) is 11.6 Å². The minimum atomic E-state index is -0.0882. The first kappa shape index (κ1) is 10.2. The second kappa shape index (κ2) is 3.36. The number of hydrogen-bond donors (Lipinski definition) is 0. The van der Waals surface area contributed by atoms with Gasteiger partial charge in [-0.2, -0.15) is 0 Å². The number of hydrogen-bond acceptors (Lipinski definition) is 0. The molecule has 0 N–H and O–H groups in total. The smallest absolute Gasteiger partial charge is 0.0797 e. The number of alkyl halides is 1. The van der Waals surface area contributed by atoms with Crippen LogP contribution in [-0.4, -0.2) is 0 Å². The maximum Gasteiger partial charge on any atom is 0.0797 e. The molecule has 0 fully saturated rings. The van der Waals surface area contributed by atoms with Crippen LogP contribution in [0.25, 0.3) is 0 Å². The highest BCUT2D eigenvalue weighted by atomic mass is 35.5. The minimum Gasteiger partial charge on any atom is -0.117 e. The van der Waals surface area contributed by atoms with Crippen LogP contribution in [0.15, 0.2) is 0 Å². The Labute approximate surface area is 101 Å². The molecule has 0 heterocycles. The Morgan fingerprint density at radius 3 is 1.92 bits per heavy atom. The van der Waals surface area contributed by atoms with Crippen molar-refractivity contribution in [2.24, 2.45) is 0 Å². The van der Waals surface area contributed by atoms with Crippen molar-refractivity contribution in [3.8, 4) is 0 Å². The Morgan fingerprint density at radius 1 is 0.846 bits per heavy atom. The van der Waals surface area contributed by atoms with Gasteiger partial charge in [0.15, 0.2) is 0 Å². The zero-order valence-corrected chi connectivity index (χ0v) is 9.95. The molecular formula is C8H3Cl5. The lowest BCUT2D eigenvalue weighted by molar-refractivity contribution is 0.805. The van der Waals surface area contributed by atoms with Gasteiger partial charge in [0.2, 0.25) is 0 Å². The molecule has 1 unspecified atom stereocenters. The van der Waals surface area contributed by atoms with E-state index in [2.05, 4.69) is 0 Å². The maximum atomic E-state index is 5.95. The lowest BCUT2D eigenvalue weighted by atomic mass is 9.88. The highest BCUT2D eigenvalue weighted by molar-refractivity contribution is 6.52. The van der Waals surface area contributed by atoms with Gasteiger partial charge >= 0.3 is 0 Å². The number of halogens is 5. The summed E-state index contributed by atoms with van der Waals surface area (Å²) in [6, 6.07) is 0. The molecule has 70 valence electrons. The molecule has 0 saturated carbocycles. The maximum absolute atomic E-state index is 5.95. The van der Waals surface area contributed by atoms with Gasteiger partial charge in [-0.1, -0.05) is 46.4 Å². The van der Waals surface area contributed by atoms with Crippen LogP contribution in [0.2, 0.25) is 20.1 Å². The van der Waals surface area contributed by atoms with Crippen LogP contribution in [0.1, 0.15) is 16.5 Å². The highest BCUT2D eigenvalue weighted by Gasteiger charge is 2.32. The largest absolute Gasteiger partial charge is 0.117 e. The van der Waals surface area contributed by atoms with Crippen molar-refractivity contribution < 1.29 is 0 Å². The van der Waals surface area contributed by atoms with Crippen LogP contribution >= 0.6 is 58.0 Å². The fourth-order valence-corrected chi connectivity index (χ4v) is 2.94. The van der Waals surface area contributed by atoms with E-state index >= 15 is 0 Å². The summed E-state index contributed by atoms with van der Waals surface area (Å²) < 4.78 is 0. The van der Waals surface area contributed by atoms with Gasteiger partial charge in [-0.25, -0.2) is 0 Å². The molecule has 13 heavy (non-hydrogen) atoms. The second-order valence-electron chi connectivity index (χ2n) is 2.82. The molecule has 0 amide bonds. The van der Waals surface area contributed by atoms with E-state index in [9.17, 15) is 0 Å². The topological polar surface area (TPSA) is 0 Å². The first-order valence-corrected chi connectivity index (χ1v) is 5.47. The molecule has 0 bridgehead atoms. The monoisotopic (exact) mass is 274 g/mol. The molecule has 0 nitrogen and oxygen atoms in total. The Bertz CT molecular complexity index is 362. The van der Waals surface area contributed by atoms with E-state index in [-0.39, 0.29) is 10.4 Å². The molecule has 1 aromatic rings. The summed E-state index contributed by atoms with van der Waals surface area (Å²) in [6.07, 6.45) is 0.701. The summed E-state index contributed by atoms with van der Waals surface area (Å²) in [6.45, 7) is 0. The standard InChI is InChI=1S/C8H3Cl5/c9-3-1-2-4(3)6(11)8(13)7(12)5(2)10/h3H,1H2. The summed E-state index contributed by atoms with van der Waals surface area (Å²) in [5.41, 5.74) is 1.74. The third-order valence-corrected chi connectivity index (χ3v) is 4.33. The zero-order chi connectivity index (χ0) is 9.75. The molecule has 0 spiro atoms. The van der Waals surface area contributed by atoms with Crippen LogP contribution in [0, 0.1) is 0 Å². The second-order valence-corrected chi connectivity index (χ2v) is 4.86. The van der Waals surface area contributed by atoms with Crippen molar-refractivity contribution in [3.63, 3.8) is 0 Å². The van der Waals surface area contributed by atoms with Crippen LogP contribution in [0.3, 0.4) is 0 Å². The van der Waals surface area contributed by atoms with E-state index in [1.54, 1.807) is 0 Å². The lowest BCUT2D eigenvalue weighted by Gasteiger charge is -2.28. The van der Waals surface area contributed by atoms with E-state index in [0.29, 0.717) is 21.5 Å². The molecule has 5 heteroatoms. The summed E-state index contributed by atoms with van der Waals surface area (Å²) in [7, 11) is 0. The third kappa shape index (κ3) is 1.35. The number of fused-ring (bicyclic) bond motifs is 1. The van der Waals surface area contributed by atoms with E-state index in [4.69, 9.17) is 58.0 Å². The van der Waals surface area contributed by atoms with E-state index in [0.717, 1.165) is 11.1 Å². The minimum absolute atomic E-state index is 0.0882. The summed E-state index contributed by atoms with van der Waals surface area (Å²) in [5, 5.41) is 1.42. The molecule has 0 radical (unpaired) electrons. The van der Waals surface area contributed by atoms with Gasteiger partial charge in [-0.05, 0) is 17.5 Å². The number of rotatable bonds is 0. The molecule has 1 aromatic carbocycles. The number of benzene rings is 1. The zero-order valence-electron chi connectivity index (χ0n) is 6.17. The van der Waals surface area contributed by atoms with Gasteiger partial charge < -0.3 is 0 Å². The van der Waals surface area contributed by atoms with Crippen LogP contribution in [0.5, 0.6) is 0 Å². The van der Waals surface area contributed by atoms with E-state index in [1.807, 2.05) is 0 Å². The van der Waals surface area contributed by atoms with E-state index < -0.39 is 0 Å². The van der Waals surface area contributed by atoms with Gasteiger partial charge in [0.1, 0.15) is 0 Å². The van der Waals surface area contributed by atoms with Gasteiger partial charge in [0.05, 0.1) is 25.5 Å². The average molecular weight is 276 g/mol. The molecule has 0 saturated heterocycles. The van der Waals surface area contributed by atoms with Crippen LogP contribution < -0.4 is 0 Å². The Balaban J connectivity index is 2.75. The van der Waals surface area contributed by atoms with E-state index in [1.165, 1.54) is 0 Å². The summed E-state index contributed by atoms with van der Waals surface area (Å²) >= 11 is 29.5. The Morgan fingerprint density at radius 2 is 1.38 bits per heavy atom. The van der Waals surface area contributed by atoms with Crippen molar-refractivity contribution in [2.45, 2.75) is 11.8 Å². The Hall–Kier alpha value is 0.670. The third-order valence-electron chi connectivity index (χ3n) is 2.10. The molecule has 2 rings (SSSR count). The highest BCUT2D eigenvalue weighted by Crippen LogP contribution is 2.52. The summed E-state index contributed by atoms with van der Waals surface area (Å²) in [5.74, 6) is 0. The molecular weight excluding hydrogens is 273 g/mol. The lowest BCUT2D eigenvalue weighted by Crippen LogP contribution is -2.14. The van der Waals surface area contributed by atoms with Crippen LogP contribution in [-0.2, 0) is 6.42 Å². The molecule has 1 aliphatic rings. The molecule has 1 atom stereocenters. The molecule has 0 aromatic heterocycles. The van der Waals surface area contributed by atoms with Gasteiger partial charge in [0.25, 0.3) is 0 Å². The first-order chi connectivity index (χ1) is 6.04. The van der Waals surface area contributed by atoms with Crippen molar-refractivity contribution in [2.75, 3.05) is 0 Å². The van der Waals surface area contributed by atoms with Crippen molar-refractivity contribution in [1.29, 1.82) is 0 Å². The fraction of sp³-hybridized carbons (Fsp3) is 0.250. The van der Waals surface area contributed by atoms with Gasteiger partial charge in [-0.3, -0.25) is 0 Å². The van der Waals surface area contributed by atoms with Gasteiger partial charge in [0, 0.05) is 0 Å². The molecule has 1 aliphatic carbocycles. The average Bonchev–Trinajstić information content (AvgIpc) is 2.08. The predicted octanol–water partition coefficient (Wildman–Crippen LogP) is 5.14. The van der Waals surface area contributed by atoms with Crippen LogP contribution in [0.4, 0.5) is 0 Å². The quantitative estimate of drug-likeness (QED) is 0.350. The SMILES string of the molecule is Clc1c(Cl)c(Cl)c2c(c1Cl)CC2Cl.